The van der Waals surface area contributed by atoms with E-state index in [1.807, 2.05) is 31.2 Å². The number of rotatable bonds is 8. The lowest BCUT2D eigenvalue weighted by atomic mass is 10.1. The highest BCUT2D eigenvalue weighted by Crippen LogP contribution is 2.19. The van der Waals surface area contributed by atoms with E-state index in [1.165, 1.54) is 29.5 Å². The van der Waals surface area contributed by atoms with Crippen LogP contribution in [0.5, 0.6) is 0 Å². The van der Waals surface area contributed by atoms with Gasteiger partial charge in [-0.1, -0.05) is 29.8 Å². The number of nitrogens with one attached hydrogen (secondary N) is 1. The number of hydrogen-bond acceptors (Lipinski definition) is 7. The summed E-state index contributed by atoms with van der Waals surface area (Å²) in [6, 6.07) is 13.6. The summed E-state index contributed by atoms with van der Waals surface area (Å²) < 4.78 is 5.12. The molecule has 0 aliphatic carbocycles. The molecule has 2 aromatic carbocycles. The summed E-state index contributed by atoms with van der Waals surface area (Å²) in [6.45, 7) is 1.91. The molecule has 9 heteroatoms. The Balaban J connectivity index is 1.49. The molecule has 0 saturated carbocycles. The highest BCUT2D eigenvalue weighted by atomic mass is 32.1. The van der Waals surface area contributed by atoms with Gasteiger partial charge in [-0.2, -0.15) is 0 Å². The molecular weight excluding hydrogens is 418 g/mol. The van der Waals surface area contributed by atoms with Gasteiger partial charge in [0.1, 0.15) is 11.6 Å². The molecule has 0 atom stereocenters. The van der Waals surface area contributed by atoms with Gasteiger partial charge in [0.2, 0.25) is 5.91 Å². The molecule has 0 radical (unpaired) electrons. The number of aromatic nitrogens is 1. The van der Waals surface area contributed by atoms with Gasteiger partial charge in [0.25, 0.3) is 5.69 Å². The van der Waals surface area contributed by atoms with E-state index in [-0.39, 0.29) is 24.6 Å². The van der Waals surface area contributed by atoms with Crippen LogP contribution in [0.3, 0.4) is 0 Å². The predicted octanol–water partition coefficient (Wildman–Crippen LogP) is 4.30. The minimum atomic E-state index is -0.648. The zero-order valence-corrected chi connectivity index (χ0v) is 17.4. The molecule has 31 heavy (non-hydrogen) atoms. The number of ether oxygens (including phenoxy) is 1. The molecule has 1 aromatic heterocycles. The molecule has 1 N–H and O–H groups in total. The number of nitro benzene ring substituents is 1. The molecule has 1 amide bonds. The first-order valence-corrected chi connectivity index (χ1v) is 10.2. The summed E-state index contributed by atoms with van der Waals surface area (Å²) in [5, 5.41) is 16.1. The zero-order valence-electron chi connectivity index (χ0n) is 16.6. The van der Waals surface area contributed by atoms with E-state index in [0.29, 0.717) is 22.0 Å². The van der Waals surface area contributed by atoms with Gasteiger partial charge in [-0.3, -0.25) is 14.9 Å². The van der Waals surface area contributed by atoms with E-state index in [0.717, 1.165) is 11.6 Å². The van der Waals surface area contributed by atoms with Crippen LogP contribution in [-0.4, -0.2) is 21.8 Å². The first-order chi connectivity index (χ1) is 14.9. The highest BCUT2D eigenvalue weighted by molar-refractivity contribution is 7.09. The van der Waals surface area contributed by atoms with Crippen molar-refractivity contribution >= 4 is 40.7 Å². The van der Waals surface area contributed by atoms with Gasteiger partial charge in [0.15, 0.2) is 0 Å². The summed E-state index contributed by atoms with van der Waals surface area (Å²) in [5.74, 6) is -0.834. The number of anilines is 1. The van der Waals surface area contributed by atoms with E-state index < -0.39 is 10.9 Å². The number of thiazole rings is 1. The molecule has 3 rings (SSSR count). The van der Waals surface area contributed by atoms with Crippen LogP contribution in [0.25, 0.3) is 6.08 Å². The van der Waals surface area contributed by atoms with Crippen LogP contribution < -0.4 is 5.32 Å². The van der Waals surface area contributed by atoms with Crippen molar-refractivity contribution in [1.82, 2.24) is 4.98 Å². The van der Waals surface area contributed by atoms with Crippen molar-refractivity contribution in [2.24, 2.45) is 0 Å². The summed E-state index contributed by atoms with van der Waals surface area (Å²) >= 11 is 1.30. The number of nitrogens with zero attached hydrogens (tertiary/aromatic N) is 2. The molecule has 8 nitrogen and oxygen atoms in total. The lowest BCUT2D eigenvalue weighted by Crippen LogP contribution is -2.14. The van der Waals surface area contributed by atoms with Crippen molar-refractivity contribution in [2.75, 3.05) is 5.32 Å². The van der Waals surface area contributed by atoms with Gasteiger partial charge in [-0.25, -0.2) is 9.78 Å². The summed E-state index contributed by atoms with van der Waals surface area (Å²) in [5.41, 5.74) is 2.55. The maximum atomic E-state index is 12.2. The van der Waals surface area contributed by atoms with Crippen molar-refractivity contribution in [2.45, 2.75) is 20.0 Å². The van der Waals surface area contributed by atoms with Crippen LogP contribution in [0.1, 0.15) is 21.8 Å². The average molecular weight is 437 g/mol. The molecule has 158 valence electrons. The Bertz CT molecular complexity index is 1120. The van der Waals surface area contributed by atoms with Crippen molar-refractivity contribution in [3.05, 3.63) is 91.9 Å². The zero-order chi connectivity index (χ0) is 22.2. The number of esters is 1. The SMILES string of the molecule is Cc1ccc(NC(=O)Cc2nc(COC(=O)/C=C/c3ccccc3[N+](=O)[O-])cs2)cc1. The third-order valence-corrected chi connectivity index (χ3v) is 5.04. The van der Waals surface area contributed by atoms with Crippen LogP contribution in [0.4, 0.5) is 11.4 Å². The van der Waals surface area contributed by atoms with Gasteiger partial charge >= 0.3 is 5.97 Å². The number of amides is 1. The molecule has 1 heterocycles. The Hall–Kier alpha value is -3.85. The molecule has 0 saturated heterocycles. The smallest absolute Gasteiger partial charge is 0.331 e. The maximum Gasteiger partial charge on any atom is 0.331 e. The number of para-hydroxylation sites is 1. The van der Waals surface area contributed by atoms with E-state index in [1.54, 1.807) is 17.5 Å². The monoisotopic (exact) mass is 437 g/mol. The first kappa shape index (κ1) is 21.8. The first-order valence-electron chi connectivity index (χ1n) is 9.29. The topological polar surface area (TPSA) is 111 Å². The largest absolute Gasteiger partial charge is 0.456 e. The quantitative estimate of drug-likeness (QED) is 0.243. The molecule has 0 spiro atoms. The second kappa shape index (κ2) is 10.3. The van der Waals surface area contributed by atoms with Crippen molar-refractivity contribution in [3.63, 3.8) is 0 Å². The number of carbonyl (C=O) groups excluding carboxylic acids is 2. The predicted molar refractivity (Wildman–Crippen MR) is 118 cm³/mol. The van der Waals surface area contributed by atoms with Gasteiger partial charge in [-0.05, 0) is 31.2 Å². The fourth-order valence-electron chi connectivity index (χ4n) is 2.62. The lowest BCUT2D eigenvalue weighted by Gasteiger charge is -2.04. The van der Waals surface area contributed by atoms with E-state index in [4.69, 9.17) is 4.74 Å². The van der Waals surface area contributed by atoms with Gasteiger partial charge in [0, 0.05) is 23.2 Å². The number of aryl methyl sites for hydroxylation is 1. The standard InChI is InChI=1S/C22H19N3O5S/c1-15-6-9-17(10-7-15)23-20(26)12-21-24-18(14-31-21)13-30-22(27)11-8-16-4-2-3-5-19(16)25(28)29/h2-11,14H,12-13H2,1H3,(H,23,26)/b11-8+. The summed E-state index contributed by atoms with van der Waals surface area (Å²) in [7, 11) is 0. The summed E-state index contributed by atoms with van der Waals surface area (Å²) in [4.78, 5) is 38.8. The molecular formula is C22H19N3O5S. The average Bonchev–Trinajstić information content (AvgIpc) is 3.19. The van der Waals surface area contributed by atoms with Crippen molar-refractivity contribution in [1.29, 1.82) is 0 Å². The Morgan fingerprint density at radius 3 is 2.68 bits per heavy atom. The molecule has 0 unspecified atom stereocenters. The Labute approximate surface area is 182 Å². The minimum Gasteiger partial charge on any atom is -0.456 e. The van der Waals surface area contributed by atoms with E-state index >= 15 is 0 Å². The molecule has 0 bridgehead atoms. The number of hydrogen-bond donors (Lipinski definition) is 1. The Morgan fingerprint density at radius 2 is 1.94 bits per heavy atom. The number of benzene rings is 2. The lowest BCUT2D eigenvalue weighted by molar-refractivity contribution is -0.385. The fourth-order valence-corrected chi connectivity index (χ4v) is 3.40. The van der Waals surface area contributed by atoms with Gasteiger partial charge in [-0.15, -0.1) is 11.3 Å². The second-order valence-corrected chi connectivity index (χ2v) is 7.52. The number of nitro groups is 1. The minimum absolute atomic E-state index is 0.0594. The highest BCUT2D eigenvalue weighted by Gasteiger charge is 2.11. The third-order valence-electron chi connectivity index (χ3n) is 4.14. The van der Waals surface area contributed by atoms with Crippen LogP contribution in [-0.2, 0) is 27.4 Å². The third kappa shape index (κ3) is 6.58. The summed E-state index contributed by atoms with van der Waals surface area (Å²) in [6.07, 6.45) is 2.58. The van der Waals surface area contributed by atoms with Crippen LogP contribution >= 0.6 is 11.3 Å². The van der Waals surface area contributed by atoms with Crippen LogP contribution in [0.15, 0.2) is 60.0 Å². The molecule has 0 fully saturated rings. The Kier molecular flexibility index (Phi) is 7.23. The Morgan fingerprint density at radius 1 is 1.19 bits per heavy atom. The van der Waals surface area contributed by atoms with Gasteiger partial charge < -0.3 is 10.1 Å². The van der Waals surface area contributed by atoms with Crippen molar-refractivity contribution < 1.29 is 19.2 Å². The second-order valence-electron chi connectivity index (χ2n) is 6.58. The molecule has 0 aliphatic heterocycles. The fraction of sp³-hybridized carbons (Fsp3) is 0.136. The maximum absolute atomic E-state index is 12.2. The van der Waals surface area contributed by atoms with Crippen LogP contribution in [0.2, 0.25) is 0 Å². The van der Waals surface area contributed by atoms with Gasteiger partial charge in [0.05, 0.1) is 22.6 Å². The van der Waals surface area contributed by atoms with E-state index in [9.17, 15) is 19.7 Å². The van der Waals surface area contributed by atoms with E-state index in [2.05, 4.69) is 10.3 Å². The van der Waals surface area contributed by atoms with Crippen LogP contribution in [0, 0.1) is 17.0 Å². The number of carbonyl (C=O) groups is 2. The molecule has 0 aliphatic rings. The van der Waals surface area contributed by atoms with Crippen molar-refractivity contribution in [3.8, 4) is 0 Å². The normalized spacial score (nSPS) is 10.7. The molecule has 3 aromatic rings.